The first-order valence-corrected chi connectivity index (χ1v) is 7.11. The number of nitrogens with one attached hydrogen (secondary N) is 1. The van der Waals surface area contributed by atoms with E-state index in [4.69, 9.17) is 27.4 Å². The fourth-order valence-corrected chi connectivity index (χ4v) is 2.53. The third-order valence-corrected chi connectivity index (χ3v) is 3.54. The van der Waals surface area contributed by atoms with Crippen LogP contribution >= 0.6 is 12.2 Å². The maximum atomic E-state index is 5.67. The van der Waals surface area contributed by atoms with Crippen LogP contribution in [0.15, 0.2) is 36.4 Å². The van der Waals surface area contributed by atoms with Gasteiger partial charge in [0.15, 0.2) is 11.5 Å². The Hall–Kier alpha value is -2.27. The molecule has 0 saturated heterocycles. The lowest BCUT2D eigenvalue weighted by atomic mass is 10.1. The summed E-state index contributed by atoms with van der Waals surface area (Å²) in [6.07, 6.45) is 0. The highest BCUT2D eigenvalue weighted by molar-refractivity contribution is 7.80. The SMILES string of the molecule is Cc1cc(Nc2ccc3c(c2)OCCO3)ccc1C(N)=S. The van der Waals surface area contributed by atoms with Crippen LogP contribution in [0.3, 0.4) is 0 Å². The Morgan fingerprint density at radius 1 is 1.05 bits per heavy atom. The van der Waals surface area contributed by atoms with Gasteiger partial charge in [0.05, 0.1) is 0 Å². The average molecular weight is 300 g/mol. The summed E-state index contributed by atoms with van der Waals surface area (Å²) in [5.74, 6) is 1.55. The summed E-state index contributed by atoms with van der Waals surface area (Å²) in [6.45, 7) is 3.17. The second-order valence-electron chi connectivity index (χ2n) is 4.88. The Labute approximate surface area is 128 Å². The number of hydrogen-bond acceptors (Lipinski definition) is 4. The number of aryl methyl sites for hydroxylation is 1. The van der Waals surface area contributed by atoms with Gasteiger partial charge in [-0.1, -0.05) is 12.2 Å². The minimum atomic E-state index is 0.415. The molecule has 0 unspecified atom stereocenters. The van der Waals surface area contributed by atoms with Crippen LogP contribution in [0.25, 0.3) is 0 Å². The predicted octanol–water partition coefficient (Wildman–Crippen LogP) is 3.14. The van der Waals surface area contributed by atoms with Gasteiger partial charge in [-0.15, -0.1) is 0 Å². The van der Waals surface area contributed by atoms with E-state index in [0.717, 1.165) is 34.0 Å². The zero-order valence-corrected chi connectivity index (χ0v) is 12.5. The number of rotatable bonds is 3. The molecule has 0 fully saturated rings. The van der Waals surface area contributed by atoms with Crippen molar-refractivity contribution in [3.05, 3.63) is 47.5 Å². The fourth-order valence-electron chi connectivity index (χ4n) is 2.31. The maximum absolute atomic E-state index is 5.67. The molecule has 21 heavy (non-hydrogen) atoms. The van der Waals surface area contributed by atoms with E-state index < -0.39 is 0 Å². The van der Waals surface area contributed by atoms with Crippen molar-refractivity contribution in [3.63, 3.8) is 0 Å². The minimum absolute atomic E-state index is 0.415. The second kappa shape index (κ2) is 5.61. The van der Waals surface area contributed by atoms with E-state index in [1.807, 2.05) is 43.3 Å². The molecule has 0 aromatic heterocycles. The van der Waals surface area contributed by atoms with Crippen molar-refractivity contribution in [1.82, 2.24) is 0 Å². The van der Waals surface area contributed by atoms with Crippen LogP contribution in [0, 0.1) is 6.92 Å². The molecule has 1 heterocycles. The Balaban J connectivity index is 1.83. The Morgan fingerprint density at radius 3 is 2.43 bits per heavy atom. The van der Waals surface area contributed by atoms with E-state index in [-0.39, 0.29) is 0 Å². The van der Waals surface area contributed by atoms with Crippen molar-refractivity contribution in [2.45, 2.75) is 6.92 Å². The van der Waals surface area contributed by atoms with Gasteiger partial charge in [-0.05, 0) is 42.8 Å². The molecule has 0 aliphatic carbocycles. The molecule has 1 aliphatic heterocycles. The first-order chi connectivity index (χ1) is 10.1. The molecule has 3 rings (SSSR count). The van der Waals surface area contributed by atoms with Gasteiger partial charge in [-0.2, -0.15) is 0 Å². The molecule has 0 spiro atoms. The van der Waals surface area contributed by atoms with Gasteiger partial charge in [0, 0.05) is 23.0 Å². The topological polar surface area (TPSA) is 56.5 Å². The molecule has 0 amide bonds. The Kier molecular flexibility index (Phi) is 3.66. The number of nitrogens with two attached hydrogens (primary N) is 1. The van der Waals surface area contributed by atoms with Crippen molar-refractivity contribution >= 4 is 28.6 Å². The van der Waals surface area contributed by atoms with Crippen molar-refractivity contribution in [2.24, 2.45) is 5.73 Å². The van der Waals surface area contributed by atoms with Crippen LogP contribution in [0.5, 0.6) is 11.5 Å². The number of fused-ring (bicyclic) bond motifs is 1. The summed E-state index contributed by atoms with van der Waals surface area (Å²) in [4.78, 5) is 0.415. The average Bonchev–Trinajstić information content (AvgIpc) is 2.47. The predicted molar refractivity (Wildman–Crippen MR) is 87.8 cm³/mol. The van der Waals surface area contributed by atoms with E-state index in [0.29, 0.717) is 18.2 Å². The van der Waals surface area contributed by atoms with E-state index in [2.05, 4.69) is 5.32 Å². The van der Waals surface area contributed by atoms with Crippen LogP contribution < -0.4 is 20.5 Å². The summed E-state index contributed by atoms with van der Waals surface area (Å²) in [5, 5.41) is 3.34. The molecule has 3 N–H and O–H groups in total. The van der Waals surface area contributed by atoms with E-state index in [1.165, 1.54) is 0 Å². The van der Waals surface area contributed by atoms with Gasteiger partial charge in [-0.25, -0.2) is 0 Å². The van der Waals surface area contributed by atoms with Crippen molar-refractivity contribution in [1.29, 1.82) is 0 Å². The Morgan fingerprint density at radius 2 is 1.71 bits per heavy atom. The lowest BCUT2D eigenvalue weighted by molar-refractivity contribution is 0.171. The highest BCUT2D eigenvalue weighted by Gasteiger charge is 2.12. The van der Waals surface area contributed by atoms with Crippen LogP contribution in [0.2, 0.25) is 0 Å². The first-order valence-electron chi connectivity index (χ1n) is 6.70. The van der Waals surface area contributed by atoms with E-state index in [1.54, 1.807) is 0 Å². The summed E-state index contributed by atoms with van der Waals surface area (Å²) >= 11 is 5.02. The summed E-state index contributed by atoms with van der Waals surface area (Å²) < 4.78 is 11.1. The third-order valence-electron chi connectivity index (χ3n) is 3.32. The van der Waals surface area contributed by atoms with Gasteiger partial charge in [-0.3, -0.25) is 0 Å². The molecule has 1 aliphatic rings. The van der Waals surface area contributed by atoms with Crippen LogP contribution in [-0.4, -0.2) is 18.2 Å². The normalized spacial score (nSPS) is 12.8. The fraction of sp³-hybridized carbons (Fsp3) is 0.188. The monoisotopic (exact) mass is 300 g/mol. The molecule has 0 radical (unpaired) electrons. The molecule has 0 saturated carbocycles. The number of anilines is 2. The van der Waals surface area contributed by atoms with E-state index >= 15 is 0 Å². The zero-order chi connectivity index (χ0) is 14.8. The molecular weight excluding hydrogens is 284 g/mol. The molecule has 2 aromatic carbocycles. The van der Waals surface area contributed by atoms with E-state index in [9.17, 15) is 0 Å². The largest absolute Gasteiger partial charge is 0.486 e. The lowest BCUT2D eigenvalue weighted by Gasteiger charge is -2.19. The third kappa shape index (κ3) is 2.92. The summed E-state index contributed by atoms with van der Waals surface area (Å²) in [6, 6.07) is 11.7. The van der Waals surface area contributed by atoms with Crippen molar-refractivity contribution < 1.29 is 9.47 Å². The number of thiocarbonyl (C=S) groups is 1. The van der Waals surface area contributed by atoms with Crippen LogP contribution in [-0.2, 0) is 0 Å². The molecule has 108 valence electrons. The van der Waals surface area contributed by atoms with Crippen molar-refractivity contribution in [3.8, 4) is 11.5 Å². The zero-order valence-electron chi connectivity index (χ0n) is 11.7. The minimum Gasteiger partial charge on any atom is -0.486 e. The van der Waals surface area contributed by atoms with Crippen LogP contribution in [0.4, 0.5) is 11.4 Å². The maximum Gasteiger partial charge on any atom is 0.163 e. The summed E-state index contributed by atoms with van der Waals surface area (Å²) in [5.41, 5.74) is 9.54. The number of ether oxygens (including phenoxy) is 2. The number of hydrogen-bond donors (Lipinski definition) is 2. The highest BCUT2D eigenvalue weighted by atomic mass is 32.1. The van der Waals surface area contributed by atoms with Gasteiger partial charge in [0.25, 0.3) is 0 Å². The smallest absolute Gasteiger partial charge is 0.163 e. The molecule has 0 atom stereocenters. The molecule has 4 nitrogen and oxygen atoms in total. The highest BCUT2D eigenvalue weighted by Crippen LogP contribution is 2.33. The van der Waals surface area contributed by atoms with Gasteiger partial charge >= 0.3 is 0 Å². The number of benzene rings is 2. The Bertz CT molecular complexity index is 701. The second-order valence-corrected chi connectivity index (χ2v) is 5.32. The van der Waals surface area contributed by atoms with Crippen LogP contribution in [0.1, 0.15) is 11.1 Å². The van der Waals surface area contributed by atoms with Crippen molar-refractivity contribution in [2.75, 3.05) is 18.5 Å². The van der Waals surface area contributed by atoms with Gasteiger partial charge in [0.1, 0.15) is 18.2 Å². The molecule has 2 aromatic rings. The lowest BCUT2D eigenvalue weighted by Crippen LogP contribution is -2.15. The molecular formula is C16H16N2O2S. The molecule has 0 bridgehead atoms. The standard InChI is InChI=1S/C16H16N2O2S/c1-10-8-11(2-4-13(10)16(17)21)18-12-3-5-14-15(9-12)20-7-6-19-14/h2-5,8-9,18H,6-7H2,1H3,(H2,17,21). The molecule has 5 heteroatoms. The summed E-state index contributed by atoms with van der Waals surface area (Å²) in [7, 11) is 0. The van der Waals surface area contributed by atoms with Gasteiger partial charge in [0.2, 0.25) is 0 Å². The quantitative estimate of drug-likeness (QED) is 0.853. The first kappa shape index (κ1) is 13.7. The van der Waals surface area contributed by atoms with Gasteiger partial charge < -0.3 is 20.5 Å².